The topological polar surface area (TPSA) is 102 Å². The predicted molar refractivity (Wildman–Crippen MR) is 88.9 cm³/mol. The van der Waals surface area contributed by atoms with Crippen LogP contribution in [0.2, 0.25) is 0 Å². The monoisotopic (exact) mass is 368 g/mol. The minimum absolute atomic E-state index is 0.191. The molecule has 0 aliphatic carbocycles. The molecular formula is C16H20N2O6S. The summed E-state index contributed by atoms with van der Waals surface area (Å²) >= 11 is 1.27. The number of thiophene rings is 1. The van der Waals surface area contributed by atoms with Crippen molar-refractivity contribution >= 4 is 35.1 Å². The van der Waals surface area contributed by atoms with Crippen molar-refractivity contribution < 1.29 is 28.7 Å². The summed E-state index contributed by atoms with van der Waals surface area (Å²) in [6, 6.07) is 3.38. The van der Waals surface area contributed by atoms with Gasteiger partial charge in [-0.15, -0.1) is 11.3 Å². The summed E-state index contributed by atoms with van der Waals surface area (Å²) in [5.41, 5.74) is 0. The summed E-state index contributed by atoms with van der Waals surface area (Å²) in [5.74, 6) is -1.81. The molecule has 136 valence electrons. The number of nitrogens with zero attached hydrogens (tertiary/aromatic N) is 1. The molecule has 0 spiro atoms. The second-order valence-corrected chi connectivity index (χ2v) is 6.45. The minimum atomic E-state index is -0.678. The number of carbonyl (C=O) groups is 4. The minimum Gasteiger partial charge on any atom is -0.469 e. The van der Waals surface area contributed by atoms with Gasteiger partial charge in [-0.25, -0.2) is 0 Å². The second kappa shape index (κ2) is 9.16. The van der Waals surface area contributed by atoms with Crippen LogP contribution in [0.15, 0.2) is 17.5 Å². The number of ether oxygens (including phenoxy) is 2. The highest BCUT2D eigenvalue weighted by Gasteiger charge is 2.28. The van der Waals surface area contributed by atoms with E-state index < -0.39 is 5.97 Å². The largest absolute Gasteiger partial charge is 0.469 e. The first-order valence-electron chi connectivity index (χ1n) is 7.84. The summed E-state index contributed by atoms with van der Waals surface area (Å²) in [5, 5.41) is 4.19. The van der Waals surface area contributed by atoms with Gasteiger partial charge in [0.1, 0.15) is 6.54 Å². The Balaban J connectivity index is 1.65. The summed E-state index contributed by atoms with van der Waals surface area (Å²) in [7, 11) is 1.34. The Morgan fingerprint density at radius 1 is 1.28 bits per heavy atom. The fraction of sp³-hybridized carbons (Fsp3) is 0.500. The van der Waals surface area contributed by atoms with Gasteiger partial charge in [-0.1, -0.05) is 6.07 Å². The Labute approximate surface area is 149 Å². The van der Waals surface area contributed by atoms with Gasteiger partial charge < -0.3 is 19.7 Å². The molecule has 1 aliphatic rings. The van der Waals surface area contributed by atoms with Crippen LogP contribution in [0.5, 0.6) is 0 Å². The average Bonchev–Trinajstić information content (AvgIpc) is 3.18. The number of methoxy groups -OCH3 is 1. The molecule has 1 saturated heterocycles. The smallest absolute Gasteiger partial charge is 0.325 e. The molecule has 0 radical (unpaired) electrons. The maximum absolute atomic E-state index is 12.0. The number of rotatable bonds is 6. The van der Waals surface area contributed by atoms with Gasteiger partial charge in [-0.2, -0.15) is 0 Å². The van der Waals surface area contributed by atoms with Crippen LogP contribution in [-0.4, -0.2) is 62.0 Å². The lowest BCUT2D eigenvalue weighted by Crippen LogP contribution is -2.42. The van der Waals surface area contributed by atoms with E-state index in [0.29, 0.717) is 30.8 Å². The van der Waals surface area contributed by atoms with Crippen molar-refractivity contribution in [2.24, 2.45) is 5.92 Å². The van der Waals surface area contributed by atoms with Crippen molar-refractivity contribution in [2.75, 3.05) is 33.4 Å². The van der Waals surface area contributed by atoms with Crippen LogP contribution in [-0.2, 0) is 23.9 Å². The first-order valence-corrected chi connectivity index (χ1v) is 8.72. The summed E-state index contributed by atoms with van der Waals surface area (Å²) in [6.45, 7) is 0.168. The number of hydrogen-bond donors (Lipinski definition) is 1. The standard InChI is InChI=1S/C16H20N2O6S/c1-23-16(22)11-4-6-18(7-5-11)13(19)10-24-14(20)9-17-15(21)12-3-2-8-25-12/h2-3,8,11H,4-7,9-10H2,1H3,(H,17,21). The Kier molecular flexibility index (Phi) is 6.93. The molecule has 25 heavy (non-hydrogen) atoms. The molecule has 0 saturated carbocycles. The second-order valence-electron chi connectivity index (χ2n) is 5.50. The zero-order valence-electron chi connectivity index (χ0n) is 13.9. The van der Waals surface area contributed by atoms with E-state index in [1.54, 1.807) is 22.4 Å². The van der Waals surface area contributed by atoms with Crippen LogP contribution in [0.1, 0.15) is 22.5 Å². The summed E-state index contributed by atoms with van der Waals surface area (Å²) in [4.78, 5) is 48.8. The highest BCUT2D eigenvalue weighted by Crippen LogP contribution is 2.18. The van der Waals surface area contributed by atoms with Gasteiger partial charge in [0, 0.05) is 13.1 Å². The molecule has 8 nitrogen and oxygen atoms in total. The number of nitrogens with one attached hydrogen (secondary N) is 1. The molecule has 2 rings (SSSR count). The fourth-order valence-corrected chi connectivity index (χ4v) is 3.10. The van der Waals surface area contributed by atoms with Crippen LogP contribution < -0.4 is 5.32 Å². The molecule has 0 aromatic carbocycles. The van der Waals surface area contributed by atoms with Crippen LogP contribution in [0.3, 0.4) is 0 Å². The number of hydrogen-bond acceptors (Lipinski definition) is 7. The molecule has 2 heterocycles. The number of amides is 2. The number of esters is 2. The first kappa shape index (κ1) is 18.9. The van der Waals surface area contributed by atoms with E-state index in [9.17, 15) is 19.2 Å². The van der Waals surface area contributed by atoms with E-state index in [4.69, 9.17) is 9.47 Å². The molecule has 0 unspecified atom stereocenters. The van der Waals surface area contributed by atoms with Gasteiger partial charge in [0.05, 0.1) is 17.9 Å². The third kappa shape index (κ3) is 5.56. The van der Waals surface area contributed by atoms with Crippen molar-refractivity contribution in [3.63, 3.8) is 0 Å². The quantitative estimate of drug-likeness (QED) is 0.731. The van der Waals surface area contributed by atoms with E-state index in [-0.39, 0.29) is 36.9 Å². The lowest BCUT2D eigenvalue weighted by atomic mass is 9.97. The molecular weight excluding hydrogens is 348 g/mol. The lowest BCUT2D eigenvalue weighted by molar-refractivity contribution is -0.153. The Morgan fingerprint density at radius 3 is 2.60 bits per heavy atom. The van der Waals surface area contributed by atoms with Gasteiger partial charge in [0.15, 0.2) is 6.61 Å². The Bertz CT molecular complexity index is 623. The van der Waals surface area contributed by atoms with Crippen molar-refractivity contribution in [3.05, 3.63) is 22.4 Å². The summed E-state index contributed by atoms with van der Waals surface area (Å²) in [6.07, 6.45) is 1.06. The number of likely N-dealkylation sites (tertiary alicyclic amines) is 1. The predicted octanol–water partition coefficient (Wildman–Crippen LogP) is 0.433. The van der Waals surface area contributed by atoms with Gasteiger partial charge in [-0.3, -0.25) is 19.2 Å². The van der Waals surface area contributed by atoms with Crippen molar-refractivity contribution in [1.82, 2.24) is 10.2 Å². The van der Waals surface area contributed by atoms with E-state index in [1.165, 1.54) is 18.4 Å². The maximum atomic E-state index is 12.0. The Morgan fingerprint density at radius 2 is 2.00 bits per heavy atom. The van der Waals surface area contributed by atoms with E-state index in [1.807, 2.05) is 0 Å². The highest BCUT2D eigenvalue weighted by molar-refractivity contribution is 7.12. The van der Waals surface area contributed by atoms with Crippen molar-refractivity contribution in [2.45, 2.75) is 12.8 Å². The fourth-order valence-electron chi connectivity index (χ4n) is 2.46. The zero-order valence-corrected chi connectivity index (χ0v) is 14.7. The Hall–Kier alpha value is -2.42. The van der Waals surface area contributed by atoms with Crippen LogP contribution in [0.25, 0.3) is 0 Å². The molecule has 1 N–H and O–H groups in total. The van der Waals surface area contributed by atoms with E-state index >= 15 is 0 Å². The van der Waals surface area contributed by atoms with Crippen LogP contribution in [0.4, 0.5) is 0 Å². The number of carbonyl (C=O) groups excluding carboxylic acids is 4. The van der Waals surface area contributed by atoms with E-state index in [0.717, 1.165) is 0 Å². The molecule has 1 aromatic heterocycles. The van der Waals surface area contributed by atoms with Crippen LogP contribution >= 0.6 is 11.3 Å². The van der Waals surface area contributed by atoms with Crippen LogP contribution in [0, 0.1) is 5.92 Å². The van der Waals surface area contributed by atoms with Gasteiger partial charge in [-0.05, 0) is 24.3 Å². The maximum Gasteiger partial charge on any atom is 0.325 e. The molecule has 1 fully saturated rings. The van der Waals surface area contributed by atoms with Gasteiger partial charge >= 0.3 is 11.9 Å². The molecule has 1 aliphatic heterocycles. The zero-order chi connectivity index (χ0) is 18.2. The van der Waals surface area contributed by atoms with Crippen molar-refractivity contribution in [1.29, 1.82) is 0 Å². The first-order chi connectivity index (χ1) is 12.0. The summed E-state index contributed by atoms with van der Waals surface area (Å²) < 4.78 is 9.58. The number of piperidine rings is 1. The van der Waals surface area contributed by atoms with E-state index in [2.05, 4.69) is 5.32 Å². The average molecular weight is 368 g/mol. The molecule has 2 amide bonds. The molecule has 0 atom stereocenters. The van der Waals surface area contributed by atoms with Gasteiger partial charge in [0.2, 0.25) is 0 Å². The van der Waals surface area contributed by atoms with Crippen molar-refractivity contribution in [3.8, 4) is 0 Å². The third-order valence-corrected chi connectivity index (χ3v) is 4.75. The van der Waals surface area contributed by atoms with Gasteiger partial charge in [0.25, 0.3) is 11.8 Å². The lowest BCUT2D eigenvalue weighted by Gasteiger charge is -2.30. The molecule has 9 heteroatoms. The normalized spacial score (nSPS) is 14.7. The SMILES string of the molecule is COC(=O)C1CCN(C(=O)COC(=O)CNC(=O)c2cccs2)CC1. The highest BCUT2D eigenvalue weighted by atomic mass is 32.1. The molecule has 0 bridgehead atoms. The molecule has 1 aromatic rings. The third-order valence-electron chi connectivity index (χ3n) is 3.88.